The minimum absolute atomic E-state index is 0.324. The van der Waals surface area contributed by atoms with E-state index < -0.39 is 0 Å². The van der Waals surface area contributed by atoms with Gasteiger partial charge in [0, 0.05) is 18.7 Å². The summed E-state index contributed by atoms with van der Waals surface area (Å²) in [5.41, 5.74) is 0. The second-order valence-corrected chi connectivity index (χ2v) is 3.21. The van der Waals surface area contributed by atoms with E-state index in [4.69, 9.17) is 5.11 Å². The molecular weight excluding hydrogens is 126 g/mol. The van der Waals surface area contributed by atoms with Crippen molar-refractivity contribution < 1.29 is 5.11 Å². The number of aliphatic hydroxyl groups is 1. The summed E-state index contributed by atoms with van der Waals surface area (Å²) in [6, 6.07) is 1.24. The maximum atomic E-state index is 8.66. The van der Waals surface area contributed by atoms with Crippen LogP contribution in [0.4, 0.5) is 0 Å². The first-order valence-corrected chi connectivity index (χ1v) is 4.20. The molecule has 1 aliphatic heterocycles. The molecule has 10 heavy (non-hydrogen) atoms. The topological polar surface area (TPSA) is 32.3 Å². The summed E-state index contributed by atoms with van der Waals surface area (Å²) in [6.07, 6.45) is 4.77. The molecule has 2 heteroatoms. The van der Waals surface area contributed by atoms with Crippen LogP contribution in [0.25, 0.3) is 0 Å². The molecule has 0 aliphatic carbocycles. The molecule has 0 bridgehead atoms. The standard InChI is InChI=1S/C8H17NO/c1-7-3-2-4-8(9-7)5-6-10/h7-10H,2-6H2,1H3. The number of piperidine rings is 1. The molecule has 1 heterocycles. The number of hydrogen-bond acceptors (Lipinski definition) is 2. The SMILES string of the molecule is CC1CCCC(CCO)N1. The van der Waals surface area contributed by atoms with Crippen molar-refractivity contribution in [1.82, 2.24) is 5.32 Å². The van der Waals surface area contributed by atoms with Gasteiger partial charge in [0.1, 0.15) is 0 Å². The zero-order chi connectivity index (χ0) is 7.40. The molecule has 1 rings (SSSR count). The summed E-state index contributed by atoms with van der Waals surface area (Å²) in [5, 5.41) is 12.1. The Bertz CT molecular complexity index is 93.3. The van der Waals surface area contributed by atoms with Crippen molar-refractivity contribution in [2.75, 3.05) is 6.61 Å². The van der Waals surface area contributed by atoms with Crippen LogP contribution in [0.1, 0.15) is 32.6 Å². The summed E-state index contributed by atoms with van der Waals surface area (Å²) < 4.78 is 0. The van der Waals surface area contributed by atoms with Crippen molar-refractivity contribution in [3.8, 4) is 0 Å². The van der Waals surface area contributed by atoms with E-state index in [1.165, 1.54) is 19.3 Å². The van der Waals surface area contributed by atoms with Gasteiger partial charge in [0.15, 0.2) is 0 Å². The van der Waals surface area contributed by atoms with Crippen molar-refractivity contribution in [2.45, 2.75) is 44.7 Å². The monoisotopic (exact) mass is 143 g/mol. The molecule has 2 N–H and O–H groups in total. The number of hydrogen-bond donors (Lipinski definition) is 2. The molecule has 0 radical (unpaired) electrons. The summed E-state index contributed by atoms with van der Waals surface area (Å²) in [7, 11) is 0. The third kappa shape index (κ3) is 2.27. The molecule has 1 fully saturated rings. The lowest BCUT2D eigenvalue weighted by atomic mass is 9.98. The van der Waals surface area contributed by atoms with Crippen molar-refractivity contribution >= 4 is 0 Å². The molecular formula is C8H17NO. The number of nitrogens with one attached hydrogen (secondary N) is 1. The first kappa shape index (κ1) is 8.02. The fourth-order valence-corrected chi connectivity index (χ4v) is 1.62. The maximum Gasteiger partial charge on any atom is 0.0445 e. The average Bonchev–Trinajstić information content (AvgIpc) is 1.88. The fourth-order valence-electron chi connectivity index (χ4n) is 1.62. The van der Waals surface area contributed by atoms with Crippen LogP contribution in [-0.4, -0.2) is 23.8 Å². The molecule has 2 unspecified atom stereocenters. The van der Waals surface area contributed by atoms with Crippen LogP contribution in [0.2, 0.25) is 0 Å². The molecule has 0 amide bonds. The Morgan fingerprint density at radius 1 is 1.50 bits per heavy atom. The minimum Gasteiger partial charge on any atom is -0.396 e. The Labute approximate surface area is 62.6 Å². The van der Waals surface area contributed by atoms with Crippen molar-refractivity contribution in [2.24, 2.45) is 0 Å². The second-order valence-electron chi connectivity index (χ2n) is 3.21. The quantitative estimate of drug-likeness (QED) is 0.602. The van der Waals surface area contributed by atoms with Crippen molar-refractivity contribution in [3.63, 3.8) is 0 Å². The molecule has 0 aromatic heterocycles. The Kier molecular flexibility index (Phi) is 3.16. The Morgan fingerprint density at radius 3 is 2.90 bits per heavy atom. The van der Waals surface area contributed by atoms with Crippen LogP contribution in [0, 0.1) is 0 Å². The highest BCUT2D eigenvalue weighted by Gasteiger charge is 2.16. The van der Waals surface area contributed by atoms with E-state index in [1.54, 1.807) is 0 Å². The lowest BCUT2D eigenvalue weighted by molar-refractivity contribution is 0.235. The summed E-state index contributed by atoms with van der Waals surface area (Å²) in [6.45, 7) is 2.54. The molecule has 0 saturated carbocycles. The van der Waals surface area contributed by atoms with Crippen LogP contribution in [0.15, 0.2) is 0 Å². The second kappa shape index (κ2) is 3.94. The first-order chi connectivity index (χ1) is 4.83. The average molecular weight is 143 g/mol. The molecule has 2 nitrogen and oxygen atoms in total. The van der Waals surface area contributed by atoms with Gasteiger partial charge in [-0.2, -0.15) is 0 Å². The summed E-state index contributed by atoms with van der Waals surface area (Å²) in [4.78, 5) is 0. The molecule has 0 spiro atoms. The van der Waals surface area contributed by atoms with Gasteiger partial charge in [0.2, 0.25) is 0 Å². The Balaban J connectivity index is 2.18. The molecule has 2 atom stereocenters. The van der Waals surface area contributed by atoms with Gasteiger partial charge in [0.25, 0.3) is 0 Å². The van der Waals surface area contributed by atoms with Crippen LogP contribution in [0.5, 0.6) is 0 Å². The lowest BCUT2D eigenvalue weighted by Crippen LogP contribution is -2.40. The van der Waals surface area contributed by atoms with Gasteiger partial charge in [0.05, 0.1) is 0 Å². The fraction of sp³-hybridized carbons (Fsp3) is 1.00. The smallest absolute Gasteiger partial charge is 0.0445 e. The van der Waals surface area contributed by atoms with Crippen molar-refractivity contribution in [3.05, 3.63) is 0 Å². The molecule has 0 aromatic rings. The van der Waals surface area contributed by atoms with Crippen LogP contribution < -0.4 is 5.32 Å². The molecule has 60 valence electrons. The van der Waals surface area contributed by atoms with Crippen molar-refractivity contribution in [1.29, 1.82) is 0 Å². The number of aliphatic hydroxyl groups excluding tert-OH is 1. The van der Waals surface area contributed by atoms with Gasteiger partial charge < -0.3 is 10.4 Å². The minimum atomic E-state index is 0.324. The van der Waals surface area contributed by atoms with E-state index in [-0.39, 0.29) is 0 Å². The van der Waals surface area contributed by atoms with E-state index in [9.17, 15) is 0 Å². The van der Waals surface area contributed by atoms with E-state index in [0.717, 1.165) is 6.42 Å². The maximum absolute atomic E-state index is 8.66. The third-order valence-electron chi connectivity index (χ3n) is 2.19. The van der Waals surface area contributed by atoms with Gasteiger partial charge in [-0.25, -0.2) is 0 Å². The highest BCUT2D eigenvalue weighted by atomic mass is 16.3. The van der Waals surface area contributed by atoms with E-state index in [0.29, 0.717) is 18.7 Å². The van der Waals surface area contributed by atoms with Gasteiger partial charge in [-0.05, 0) is 26.2 Å². The first-order valence-electron chi connectivity index (χ1n) is 4.20. The molecule has 1 aliphatic rings. The molecule has 1 saturated heterocycles. The zero-order valence-corrected chi connectivity index (χ0v) is 6.64. The van der Waals surface area contributed by atoms with Gasteiger partial charge in [-0.15, -0.1) is 0 Å². The van der Waals surface area contributed by atoms with Gasteiger partial charge in [-0.3, -0.25) is 0 Å². The van der Waals surface area contributed by atoms with E-state index >= 15 is 0 Å². The number of rotatable bonds is 2. The normalized spacial score (nSPS) is 34.2. The summed E-state index contributed by atoms with van der Waals surface area (Å²) >= 11 is 0. The van der Waals surface area contributed by atoms with Gasteiger partial charge in [-0.1, -0.05) is 6.42 Å². The largest absolute Gasteiger partial charge is 0.396 e. The molecule has 0 aromatic carbocycles. The van der Waals surface area contributed by atoms with Crippen LogP contribution >= 0.6 is 0 Å². The summed E-state index contributed by atoms with van der Waals surface area (Å²) in [5.74, 6) is 0. The Hall–Kier alpha value is -0.0800. The van der Waals surface area contributed by atoms with Crippen LogP contribution in [0.3, 0.4) is 0 Å². The zero-order valence-electron chi connectivity index (χ0n) is 6.64. The lowest BCUT2D eigenvalue weighted by Gasteiger charge is -2.28. The Morgan fingerprint density at radius 2 is 2.30 bits per heavy atom. The predicted molar refractivity (Wildman–Crippen MR) is 41.9 cm³/mol. The van der Waals surface area contributed by atoms with E-state index in [1.807, 2.05) is 0 Å². The highest BCUT2D eigenvalue weighted by molar-refractivity contribution is 4.76. The van der Waals surface area contributed by atoms with E-state index in [2.05, 4.69) is 12.2 Å². The predicted octanol–water partition coefficient (Wildman–Crippen LogP) is 0.899. The third-order valence-corrected chi connectivity index (χ3v) is 2.19. The van der Waals surface area contributed by atoms with Gasteiger partial charge >= 0.3 is 0 Å². The highest BCUT2D eigenvalue weighted by Crippen LogP contribution is 2.13. The van der Waals surface area contributed by atoms with Crippen LogP contribution in [-0.2, 0) is 0 Å².